The fourth-order valence-corrected chi connectivity index (χ4v) is 4.42. The maximum Gasteiger partial charge on any atom is 0.222 e. The van der Waals surface area contributed by atoms with Gasteiger partial charge < -0.3 is 25.4 Å². The molecule has 7 nitrogen and oxygen atoms in total. The highest BCUT2D eigenvalue weighted by molar-refractivity contribution is 5.79. The lowest BCUT2D eigenvalue weighted by Crippen LogP contribution is -2.48. The summed E-state index contributed by atoms with van der Waals surface area (Å²) in [6.45, 7) is 2.58. The summed E-state index contributed by atoms with van der Waals surface area (Å²) in [5.74, 6) is 0.794. The van der Waals surface area contributed by atoms with E-state index >= 15 is 0 Å². The van der Waals surface area contributed by atoms with Crippen LogP contribution in [0.25, 0.3) is 0 Å². The first-order valence-electron chi connectivity index (χ1n) is 12.7. The van der Waals surface area contributed by atoms with Gasteiger partial charge in [0.05, 0.1) is 19.3 Å². The number of piperidine rings is 1. The van der Waals surface area contributed by atoms with Crippen LogP contribution in [-0.2, 0) is 22.6 Å². The Balaban J connectivity index is 1.49. The molecule has 1 aliphatic heterocycles. The topological polar surface area (TPSA) is 90.9 Å². The number of likely N-dealkylation sites (tertiary alicyclic amines) is 1. The number of rotatable bonds is 13. The van der Waals surface area contributed by atoms with E-state index in [1.807, 2.05) is 59.5 Å². The van der Waals surface area contributed by atoms with Gasteiger partial charge in [0, 0.05) is 39.0 Å². The van der Waals surface area contributed by atoms with E-state index in [4.69, 9.17) is 4.74 Å². The van der Waals surface area contributed by atoms with Crippen molar-refractivity contribution in [2.75, 3.05) is 26.7 Å². The van der Waals surface area contributed by atoms with Gasteiger partial charge >= 0.3 is 0 Å². The van der Waals surface area contributed by atoms with Crippen LogP contribution >= 0.6 is 0 Å². The molecule has 2 aromatic carbocycles. The molecule has 1 heterocycles. The Bertz CT molecular complexity index is 915. The number of nitrogens with zero attached hydrogens (tertiary/aromatic N) is 1. The summed E-state index contributed by atoms with van der Waals surface area (Å²) in [4.78, 5) is 27.0. The van der Waals surface area contributed by atoms with Crippen molar-refractivity contribution in [1.82, 2.24) is 15.5 Å². The molecule has 0 spiro atoms. The first-order valence-corrected chi connectivity index (χ1v) is 12.7. The molecule has 1 aliphatic rings. The first-order chi connectivity index (χ1) is 17.0. The zero-order valence-corrected chi connectivity index (χ0v) is 20.7. The monoisotopic (exact) mass is 481 g/mol. The van der Waals surface area contributed by atoms with Crippen molar-refractivity contribution < 1.29 is 19.4 Å². The molecule has 35 heavy (non-hydrogen) atoms. The molecule has 0 aromatic heterocycles. The summed E-state index contributed by atoms with van der Waals surface area (Å²) >= 11 is 0. The molecule has 3 N–H and O–H groups in total. The molecule has 1 saturated heterocycles. The number of aliphatic hydroxyl groups excluding tert-OH is 1. The average Bonchev–Trinajstić information content (AvgIpc) is 2.89. The third kappa shape index (κ3) is 9.34. The number of aliphatic hydroxyl groups is 1. The van der Waals surface area contributed by atoms with Crippen LogP contribution in [0, 0.1) is 0 Å². The van der Waals surface area contributed by atoms with Crippen LogP contribution in [0.5, 0.6) is 5.75 Å². The van der Waals surface area contributed by atoms with Crippen LogP contribution in [0.4, 0.5) is 0 Å². The Labute approximate surface area is 208 Å². The smallest absolute Gasteiger partial charge is 0.222 e. The number of carbonyl (C=O) groups is 2. The van der Waals surface area contributed by atoms with Gasteiger partial charge in [0.15, 0.2) is 0 Å². The normalized spacial score (nSPS) is 15.3. The second kappa shape index (κ2) is 14.5. The van der Waals surface area contributed by atoms with E-state index in [1.54, 1.807) is 7.11 Å². The van der Waals surface area contributed by atoms with Crippen molar-refractivity contribution in [3.8, 4) is 5.75 Å². The molecule has 2 atom stereocenters. The largest absolute Gasteiger partial charge is 0.497 e. The van der Waals surface area contributed by atoms with E-state index in [0.717, 1.165) is 42.8 Å². The van der Waals surface area contributed by atoms with Gasteiger partial charge in [-0.05, 0) is 55.4 Å². The summed E-state index contributed by atoms with van der Waals surface area (Å²) in [5, 5.41) is 17.2. The summed E-state index contributed by atoms with van der Waals surface area (Å²) in [6, 6.07) is 17.2. The average molecular weight is 482 g/mol. The number of methoxy groups -OCH3 is 1. The minimum Gasteiger partial charge on any atom is -0.497 e. The van der Waals surface area contributed by atoms with Crippen molar-refractivity contribution in [3.63, 3.8) is 0 Å². The lowest BCUT2D eigenvalue weighted by molar-refractivity contribution is -0.132. The molecule has 2 aromatic rings. The summed E-state index contributed by atoms with van der Waals surface area (Å²) in [7, 11) is 1.64. The van der Waals surface area contributed by atoms with Gasteiger partial charge in [0.25, 0.3) is 0 Å². The van der Waals surface area contributed by atoms with Gasteiger partial charge in [-0.2, -0.15) is 0 Å². The Kier molecular flexibility index (Phi) is 11.1. The number of benzene rings is 2. The number of amides is 2. The third-order valence-corrected chi connectivity index (χ3v) is 6.43. The molecule has 0 saturated carbocycles. The third-order valence-electron chi connectivity index (χ3n) is 6.43. The highest BCUT2D eigenvalue weighted by Crippen LogP contribution is 2.13. The van der Waals surface area contributed by atoms with E-state index in [2.05, 4.69) is 10.6 Å². The minimum absolute atomic E-state index is 0.135. The standard InChI is InChI=1S/C28H39N3O4/c1-35-24-13-8-12-23(18-24)20-29-21-26(32)25(19-22-10-4-2-5-11-22)30-27(33)14-9-15-28(34)31-16-6-3-7-17-31/h2,4-5,8,10-13,18,25-26,29,32H,3,6-7,9,14-17,19-21H2,1H3,(H,30,33)/t25-,26-/m0/s1. The molecular formula is C28H39N3O4. The van der Waals surface area contributed by atoms with Gasteiger partial charge in [-0.1, -0.05) is 42.5 Å². The second-order valence-electron chi connectivity index (χ2n) is 9.21. The Morgan fingerprint density at radius 2 is 1.74 bits per heavy atom. The number of hydrogen-bond donors (Lipinski definition) is 3. The molecule has 0 radical (unpaired) electrons. The zero-order valence-electron chi connectivity index (χ0n) is 20.7. The molecule has 0 bridgehead atoms. The van der Waals surface area contributed by atoms with Crippen molar-refractivity contribution in [1.29, 1.82) is 0 Å². The van der Waals surface area contributed by atoms with E-state index in [-0.39, 0.29) is 18.2 Å². The van der Waals surface area contributed by atoms with Gasteiger partial charge in [0.2, 0.25) is 11.8 Å². The van der Waals surface area contributed by atoms with Crippen LogP contribution in [-0.4, -0.2) is 60.7 Å². The van der Waals surface area contributed by atoms with E-state index in [1.165, 1.54) is 6.42 Å². The SMILES string of the molecule is COc1cccc(CNC[C@H](O)[C@H](Cc2ccccc2)NC(=O)CCCC(=O)N2CCCCC2)c1. The Morgan fingerprint density at radius 1 is 1.00 bits per heavy atom. The maximum atomic E-state index is 12.7. The summed E-state index contributed by atoms with van der Waals surface area (Å²) in [6.07, 6.45) is 4.26. The Morgan fingerprint density at radius 3 is 2.49 bits per heavy atom. The fraction of sp³-hybridized carbons (Fsp3) is 0.500. The predicted octanol–water partition coefficient (Wildman–Crippen LogP) is 3.06. The summed E-state index contributed by atoms with van der Waals surface area (Å²) in [5.41, 5.74) is 2.10. The van der Waals surface area contributed by atoms with Crippen molar-refractivity contribution in [2.24, 2.45) is 0 Å². The lowest BCUT2D eigenvalue weighted by atomic mass is 10.0. The predicted molar refractivity (Wildman–Crippen MR) is 137 cm³/mol. The highest BCUT2D eigenvalue weighted by atomic mass is 16.5. The van der Waals surface area contributed by atoms with Crippen LogP contribution in [0.3, 0.4) is 0 Å². The van der Waals surface area contributed by atoms with Gasteiger partial charge in [-0.3, -0.25) is 9.59 Å². The van der Waals surface area contributed by atoms with Crippen molar-refractivity contribution in [2.45, 2.75) is 63.6 Å². The van der Waals surface area contributed by atoms with E-state index in [9.17, 15) is 14.7 Å². The fourth-order valence-electron chi connectivity index (χ4n) is 4.42. The maximum absolute atomic E-state index is 12.7. The van der Waals surface area contributed by atoms with Crippen LogP contribution in [0.15, 0.2) is 54.6 Å². The lowest BCUT2D eigenvalue weighted by Gasteiger charge is -2.27. The first kappa shape index (κ1) is 26.7. The van der Waals surface area contributed by atoms with Crippen LogP contribution < -0.4 is 15.4 Å². The minimum atomic E-state index is -0.764. The van der Waals surface area contributed by atoms with Crippen molar-refractivity contribution in [3.05, 3.63) is 65.7 Å². The van der Waals surface area contributed by atoms with Crippen LogP contribution in [0.1, 0.15) is 49.7 Å². The molecule has 1 fully saturated rings. The molecular weight excluding hydrogens is 442 g/mol. The number of nitrogens with one attached hydrogen (secondary N) is 2. The molecule has 0 aliphatic carbocycles. The number of ether oxygens (including phenoxy) is 1. The molecule has 2 amide bonds. The molecule has 190 valence electrons. The number of hydrogen-bond acceptors (Lipinski definition) is 5. The zero-order chi connectivity index (χ0) is 24.9. The van der Waals surface area contributed by atoms with Crippen LogP contribution in [0.2, 0.25) is 0 Å². The van der Waals surface area contributed by atoms with Crippen molar-refractivity contribution >= 4 is 11.8 Å². The quantitative estimate of drug-likeness (QED) is 0.409. The molecule has 3 rings (SSSR count). The second-order valence-corrected chi connectivity index (χ2v) is 9.21. The highest BCUT2D eigenvalue weighted by Gasteiger charge is 2.22. The Hall–Kier alpha value is -2.90. The van der Waals surface area contributed by atoms with Gasteiger partial charge in [-0.15, -0.1) is 0 Å². The van der Waals surface area contributed by atoms with E-state index < -0.39 is 12.1 Å². The van der Waals surface area contributed by atoms with Gasteiger partial charge in [-0.25, -0.2) is 0 Å². The molecule has 0 unspecified atom stereocenters. The van der Waals surface area contributed by atoms with E-state index in [0.29, 0.717) is 32.4 Å². The molecule has 7 heteroatoms. The van der Waals surface area contributed by atoms with Gasteiger partial charge in [0.1, 0.15) is 5.75 Å². The summed E-state index contributed by atoms with van der Waals surface area (Å²) < 4.78 is 5.26. The number of carbonyl (C=O) groups excluding carboxylic acids is 2.